The highest BCUT2D eigenvalue weighted by Gasteiger charge is 2.31. The van der Waals surface area contributed by atoms with Gasteiger partial charge in [-0.3, -0.25) is 9.59 Å². The van der Waals surface area contributed by atoms with Gasteiger partial charge in [-0.1, -0.05) is 0 Å². The van der Waals surface area contributed by atoms with Crippen LogP contribution in [0, 0.1) is 0 Å². The zero-order chi connectivity index (χ0) is 13.3. The maximum Gasteiger partial charge on any atom is 0.371 e. The first-order valence-electron chi connectivity index (χ1n) is 5.42. The molecule has 1 aliphatic heterocycles. The Bertz CT molecular complexity index is 507. The van der Waals surface area contributed by atoms with Crippen LogP contribution in [0.5, 0.6) is 0 Å². The van der Waals surface area contributed by atoms with Crippen LogP contribution in [0.25, 0.3) is 0 Å². The van der Waals surface area contributed by atoms with Crippen molar-refractivity contribution in [3.63, 3.8) is 0 Å². The van der Waals surface area contributed by atoms with Crippen LogP contribution in [0.4, 0.5) is 0 Å². The summed E-state index contributed by atoms with van der Waals surface area (Å²) in [6, 6.07) is 1.92. The van der Waals surface area contributed by atoms with Gasteiger partial charge in [0.2, 0.25) is 11.7 Å². The van der Waals surface area contributed by atoms with Crippen LogP contribution < -0.4 is 5.32 Å². The highest BCUT2D eigenvalue weighted by molar-refractivity contribution is 5.97. The SMILES string of the molecule is CC1C(=O)NCCN1C(=O)c1ccc(C(=O)O)o1. The summed E-state index contributed by atoms with van der Waals surface area (Å²) in [6.45, 7) is 2.35. The van der Waals surface area contributed by atoms with Crippen molar-refractivity contribution in [2.24, 2.45) is 0 Å². The minimum Gasteiger partial charge on any atom is -0.475 e. The van der Waals surface area contributed by atoms with Crippen LogP contribution >= 0.6 is 0 Å². The predicted octanol–water partition coefficient (Wildman–Crippen LogP) is -0.0617. The highest BCUT2D eigenvalue weighted by Crippen LogP contribution is 2.14. The largest absolute Gasteiger partial charge is 0.475 e. The van der Waals surface area contributed by atoms with E-state index >= 15 is 0 Å². The van der Waals surface area contributed by atoms with Gasteiger partial charge in [0.25, 0.3) is 5.91 Å². The molecule has 1 fully saturated rings. The van der Waals surface area contributed by atoms with Gasteiger partial charge in [0.15, 0.2) is 5.76 Å². The van der Waals surface area contributed by atoms with Crippen LogP contribution in [0.3, 0.4) is 0 Å². The number of amides is 2. The molecule has 1 aromatic rings. The normalized spacial score (nSPS) is 19.5. The van der Waals surface area contributed by atoms with Crippen molar-refractivity contribution >= 4 is 17.8 Å². The molecule has 0 aliphatic carbocycles. The minimum absolute atomic E-state index is 0.0750. The Morgan fingerprint density at radius 1 is 1.44 bits per heavy atom. The van der Waals surface area contributed by atoms with Gasteiger partial charge < -0.3 is 19.7 Å². The third-order valence-electron chi connectivity index (χ3n) is 2.79. The molecule has 2 amide bonds. The standard InChI is InChI=1S/C11H12N2O5/c1-6-9(14)12-4-5-13(6)10(15)7-2-3-8(18-7)11(16)17/h2-3,6H,4-5H2,1H3,(H,12,14)(H,16,17). The molecule has 18 heavy (non-hydrogen) atoms. The first kappa shape index (κ1) is 12.2. The molecule has 7 nitrogen and oxygen atoms in total. The van der Waals surface area contributed by atoms with Crippen molar-refractivity contribution in [3.05, 3.63) is 23.7 Å². The van der Waals surface area contributed by atoms with Gasteiger partial charge in [0.1, 0.15) is 6.04 Å². The monoisotopic (exact) mass is 252 g/mol. The molecule has 0 bridgehead atoms. The maximum absolute atomic E-state index is 12.1. The molecule has 1 saturated heterocycles. The van der Waals surface area contributed by atoms with E-state index in [9.17, 15) is 14.4 Å². The van der Waals surface area contributed by atoms with Crippen molar-refractivity contribution < 1.29 is 23.9 Å². The number of piperazine rings is 1. The number of rotatable bonds is 2. The third kappa shape index (κ3) is 2.06. The molecule has 1 atom stereocenters. The summed E-state index contributed by atoms with van der Waals surface area (Å²) in [5, 5.41) is 11.3. The molecule has 1 aliphatic rings. The summed E-state index contributed by atoms with van der Waals surface area (Å²) < 4.78 is 4.92. The van der Waals surface area contributed by atoms with Crippen LogP contribution in [-0.4, -0.2) is 46.9 Å². The number of carbonyl (C=O) groups excluding carboxylic acids is 2. The van der Waals surface area contributed by atoms with Crippen molar-refractivity contribution in [1.29, 1.82) is 0 Å². The van der Waals surface area contributed by atoms with Gasteiger partial charge in [0.05, 0.1) is 0 Å². The Balaban J connectivity index is 2.19. The van der Waals surface area contributed by atoms with E-state index in [2.05, 4.69) is 5.32 Å². The number of nitrogens with zero attached hydrogens (tertiary/aromatic N) is 1. The molecule has 2 heterocycles. The average Bonchev–Trinajstić information content (AvgIpc) is 2.81. The molecule has 7 heteroatoms. The molecule has 2 N–H and O–H groups in total. The summed E-state index contributed by atoms with van der Waals surface area (Å²) >= 11 is 0. The number of hydrogen-bond acceptors (Lipinski definition) is 4. The van der Waals surface area contributed by atoms with E-state index in [1.165, 1.54) is 17.0 Å². The highest BCUT2D eigenvalue weighted by atomic mass is 16.4. The number of carboxylic acids is 1. The van der Waals surface area contributed by atoms with E-state index in [0.717, 1.165) is 0 Å². The topological polar surface area (TPSA) is 99.9 Å². The van der Waals surface area contributed by atoms with Crippen molar-refractivity contribution in [2.45, 2.75) is 13.0 Å². The summed E-state index contributed by atoms with van der Waals surface area (Å²) in [7, 11) is 0. The fourth-order valence-electron chi connectivity index (χ4n) is 1.77. The smallest absolute Gasteiger partial charge is 0.371 e. The molecule has 1 unspecified atom stereocenters. The van der Waals surface area contributed by atoms with E-state index in [1.807, 2.05) is 0 Å². The maximum atomic E-state index is 12.1. The Morgan fingerprint density at radius 3 is 2.72 bits per heavy atom. The molecule has 2 rings (SSSR count). The van der Waals surface area contributed by atoms with E-state index < -0.39 is 17.9 Å². The van der Waals surface area contributed by atoms with Crippen molar-refractivity contribution in [1.82, 2.24) is 10.2 Å². The second-order valence-corrected chi connectivity index (χ2v) is 3.93. The van der Waals surface area contributed by atoms with Gasteiger partial charge in [-0.25, -0.2) is 4.79 Å². The Morgan fingerprint density at radius 2 is 2.11 bits per heavy atom. The van der Waals surface area contributed by atoms with Crippen LogP contribution in [0.2, 0.25) is 0 Å². The lowest BCUT2D eigenvalue weighted by molar-refractivity contribution is -0.127. The lowest BCUT2D eigenvalue weighted by atomic mass is 10.2. The molecule has 0 saturated carbocycles. The van der Waals surface area contributed by atoms with E-state index in [4.69, 9.17) is 9.52 Å². The second kappa shape index (κ2) is 4.52. The first-order valence-corrected chi connectivity index (χ1v) is 5.42. The van der Waals surface area contributed by atoms with Gasteiger partial charge in [-0.2, -0.15) is 0 Å². The third-order valence-corrected chi connectivity index (χ3v) is 2.79. The summed E-state index contributed by atoms with van der Waals surface area (Å²) in [5.41, 5.74) is 0. The fraction of sp³-hybridized carbons (Fsp3) is 0.364. The lowest BCUT2D eigenvalue weighted by Crippen LogP contribution is -2.55. The molecule has 0 radical (unpaired) electrons. The van der Waals surface area contributed by atoms with Crippen molar-refractivity contribution in [2.75, 3.05) is 13.1 Å². The van der Waals surface area contributed by atoms with E-state index in [1.54, 1.807) is 6.92 Å². The summed E-state index contributed by atoms with van der Waals surface area (Å²) in [6.07, 6.45) is 0. The zero-order valence-corrected chi connectivity index (χ0v) is 9.67. The number of hydrogen-bond donors (Lipinski definition) is 2. The van der Waals surface area contributed by atoms with Crippen molar-refractivity contribution in [3.8, 4) is 0 Å². The number of carboxylic acid groups (broad SMARTS) is 1. The number of furan rings is 1. The van der Waals surface area contributed by atoms with Gasteiger partial charge in [-0.05, 0) is 19.1 Å². The van der Waals surface area contributed by atoms with E-state index in [0.29, 0.717) is 13.1 Å². The number of carbonyl (C=O) groups is 3. The molecule has 0 aromatic carbocycles. The number of aromatic carboxylic acids is 1. The molecular weight excluding hydrogens is 240 g/mol. The molecule has 96 valence electrons. The van der Waals surface area contributed by atoms with E-state index in [-0.39, 0.29) is 17.4 Å². The van der Waals surface area contributed by atoms with Gasteiger partial charge >= 0.3 is 5.97 Å². The molecular formula is C11H12N2O5. The summed E-state index contributed by atoms with van der Waals surface area (Å²) in [4.78, 5) is 35.5. The van der Waals surface area contributed by atoms with Crippen LogP contribution in [0.15, 0.2) is 16.5 Å². The van der Waals surface area contributed by atoms with Gasteiger partial charge in [-0.15, -0.1) is 0 Å². The molecule has 1 aromatic heterocycles. The Labute approximate surface area is 102 Å². The molecule has 0 spiro atoms. The lowest BCUT2D eigenvalue weighted by Gasteiger charge is -2.32. The van der Waals surface area contributed by atoms with Gasteiger partial charge in [0, 0.05) is 13.1 Å². The first-order chi connectivity index (χ1) is 8.50. The van der Waals surface area contributed by atoms with Crippen LogP contribution in [0.1, 0.15) is 28.0 Å². The Hall–Kier alpha value is -2.31. The number of nitrogens with one attached hydrogen (secondary N) is 1. The fourth-order valence-corrected chi connectivity index (χ4v) is 1.77. The average molecular weight is 252 g/mol. The second-order valence-electron chi connectivity index (χ2n) is 3.93. The Kier molecular flexibility index (Phi) is 3.05. The minimum atomic E-state index is -1.24. The van der Waals surface area contributed by atoms with Crippen LogP contribution in [-0.2, 0) is 4.79 Å². The predicted molar refractivity (Wildman–Crippen MR) is 59.2 cm³/mol. The summed E-state index contributed by atoms with van der Waals surface area (Å²) in [5.74, 6) is -2.33. The quantitative estimate of drug-likeness (QED) is 0.768. The zero-order valence-electron chi connectivity index (χ0n) is 9.67.